The first kappa shape index (κ1) is 13.2. The van der Waals surface area contributed by atoms with Gasteiger partial charge in [-0.3, -0.25) is 4.79 Å². The summed E-state index contributed by atoms with van der Waals surface area (Å²) >= 11 is 0. The second-order valence-corrected chi connectivity index (χ2v) is 4.61. The van der Waals surface area contributed by atoms with Crippen molar-refractivity contribution in [3.63, 3.8) is 0 Å². The van der Waals surface area contributed by atoms with E-state index < -0.39 is 0 Å². The average molecular weight is 224 g/mol. The molecule has 0 radical (unpaired) electrons. The van der Waals surface area contributed by atoms with Gasteiger partial charge in [0.2, 0.25) is 5.91 Å². The second kappa shape index (κ2) is 7.44. The molecule has 0 saturated heterocycles. The minimum atomic E-state index is 0.0681. The van der Waals surface area contributed by atoms with Crippen LogP contribution in [0.15, 0.2) is 12.7 Å². The molecule has 1 aliphatic rings. The fourth-order valence-electron chi connectivity index (χ4n) is 2.33. The van der Waals surface area contributed by atoms with Gasteiger partial charge in [-0.1, -0.05) is 32.3 Å². The van der Waals surface area contributed by atoms with Crippen LogP contribution < -0.4 is 10.6 Å². The average Bonchev–Trinajstić information content (AvgIpc) is 2.34. The number of amides is 1. The van der Waals surface area contributed by atoms with Crippen LogP contribution in [0.25, 0.3) is 0 Å². The lowest BCUT2D eigenvalue weighted by molar-refractivity contribution is -0.120. The summed E-state index contributed by atoms with van der Waals surface area (Å²) in [6.07, 6.45) is 8.06. The van der Waals surface area contributed by atoms with Crippen LogP contribution in [0.3, 0.4) is 0 Å². The zero-order valence-electron chi connectivity index (χ0n) is 10.3. The molecule has 1 saturated carbocycles. The molecule has 2 atom stereocenters. The largest absolute Gasteiger partial charge is 0.352 e. The third-order valence-corrected chi connectivity index (χ3v) is 3.36. The normalized spacial score (nSPS) is 25.1. The summed E-state index contributed by atoms with van der Waals surface area (Å²) in [4.78, 5) is 11.4. The van der Waals surface area contributed by atoms with E-state index in [0.717, 1.165) is 5.92 Å². The quantitative estimate of drug-likeness (QED) is 0.676. The van der Waals surface area contributed by atoms with Gasteiger partial charge in [-0.25, -0.2) is 0 Å². The first-order chi connectivity index (χ1) is 7.76. The topological polar surface area (TPSA) is 41.1 Å². The molecule has 0 heterocycles. The Hall–Kier alpha value is -0.830. The summed E-state index contributed by atoms with van der Waals surface area (Å²) in [6.45, 7) is 6.82. The number of nitrogens with one attached hydrogen (secondary N) is 2. The molecule has 3 heteroatoms. The Morgan fingerprint density at radius 3 is 3.00 bits per heavy atom. The third-order valence-electron chi connectivity index (χ3n) is 3.36. The molecular formula is C13H24N2O. The van der Waals surface area contributed by atoms with Gasteiger partial charge in [0.15, 0.2) is 0 Å². The van der Waals surface area contributed by atoms with E-state index in [2.05, 4.69) is 24.1 Å². The molecule has 1 aliphatic carbocycles. The van der Waals surface area contributed by atoms with E-state index in [0.29, 0.717) is 19.1 Å². The molecule has 0 aromatic rings. The van der Waals surface area contributed by atoms with Gasteiger partial charge in [0.25, 0.3) is 0 Å². The van der Waals surface area contributed by atoms with Crippen molar-refractivity contribution in [1.82, 2.24) is 10.6 Å². The molecular weight excluding hydrogens is 200 g/mol. The second-order valence-electron chi connectivity index (χ2n) is 4.61. The van der Waals surface area contributed by atoms with Gasteiger partial charge in [-0.05, 0) is 18.8 Å². The Morgan fingerprint density at radius 2 is 2.31 bits per heavy atom. The number of carbonyl (C=O) groups excluding carboxylic acids is 1. The highest BCUT2D eigenvalue weighted by molar-refractivity contribution is 5.78. The molecule has 0 aromatic heterocycles. The molecule has 2 N–H and O–H groups in total. The Morgan fingerprint density at radius 1 is 1.50 bits per heavy atom. The molecule has 1 amide bonds. The molecule has 0 spiro atoms. The van der Waals surface area contributed by atoms with Crippen LogP contribution in [0.2, 0.25) is 0 Å². The van der Waals surface area contributed by atoms with Crippen molar-refractivity contribution in [3.8, 4) is 0 Å². The van der Waals surface area contributed by atoms with Crippen molar-refractivity contribution < 1.29 is 4.79 Å². The standard InChI is InChI=1S/C13H24N2O/c1-3-8-14-13(16)10-15-12-7-5-6-11(4-2)9-12/h3,11-12,15H,1,4-10H2,2H3,(H,14,16). The first-order valence-corrected chi connectivity index (χ1v) is 6.37. The highest BCUT2D eigenvalue weighted by Gasteiger charge is 2.20. The summed E-state index contributed by atoms with van der Waals surface area (Å²) in [7, 11) is 0. The maximum absolute atomic E-state index is 11.4. The number of hydrogen-bond acceptors (Lipinski definition) is 2. The van der Waals surface area contributed by atoms with Crippen LogP contribution in [-0.4, -0.2) is 25.0 Å². The first-order valence-electron chi connectivity index (χ1n) is 6.37. The van der Waals surface area contributed by atoms with Crippen molar-refractivity contribution in [3.05, 3.63) is 12.7 Å². The van der Waals surface area contributed by atoms with E-state index in [4.69, 9.17) is 0 Å². The van der Waals surface area contributed by atoms with Crippen molar-refractivity contribution in [2.24, 2.45) is 5.92 Å². The maximum atomic E-state index is 11.4. The van der Waals surface area contributed by atoms with Crippen molar-refractivity contribution >= 4 is 5.91 Å². The molecule has 2 unspecified atom stereocenters. The summed E-state index contributed by atoms with van der Waals surface area (Å²) in [5, 5.41) is 6.13. The van der Waals surface area contributed by atoms with Gasteiger partial charge in [0.1, 0.15) is 0 Å². The monoisotopic (exact) mass is 224 g/mol. The van der Waals surface area contributed by atoms with Crippen LogP contribution in [-0.2, 0) is 4.79 Å². The minimum Gasteiger partial charge on any atom is -0.352 e. The van der Waals surface area contributed by atoms with Crippen molar-refractivity contribution in [2.75, 3.05) is 13.1 Å². The predicted octanol–water partition coefficient (Wildman–Crippen LogP) is 1.85. The Kier molecular flexibility index (Phi) is 6.16. The number of rotatable bonds is 6. The zero-order chi connectivity index (χ0) is 11.8. The smallest absolute Gasteiger partial charge is 0.234 e. The Labute approximate surface area is 98.7 Å². The highest BCUT2D eigenvalue weighted by atomic mass is 16.1. The van der Waals surface area contributed by atoms with E-state index in [1.807, 2.05) is 0 Å². The summed E-state index contributed by atoms with van der Waals surface area (Å²) < 4.78 is 0. The molecule has 1 fully saturated rings. The molecule has 0 aliphatic heterocycles. The molecule has 16 heavy (non-hydrogen) atoms. The van der Waals surface area contributed by atoms with Crippen molar-refractivity contribution in [2.45, 2.75) is 45.1 Å². The van der Waals surface area contributed by atoms with Crippen molar-refractivity contribution in [1.29, 1.82) is 0 Å². The Bertz CT molecular complexity index is 228. The van der Waals surface area contributed by atoms with E-state index in [1.54, 1.807) is 6.08 Å². The summed E-state index contributed by atoms with van der Waals surface area (Å²) in [5.41, 5.74) is 0. The predicted molar refractivity (Wildman–Crippen MR) is 67.2 cm³/mol. The number of hydrogen-bond donors (Lipinski definition) is 2. The summed E-state index contributed by atoms with van der Waals surface area (Å²) in [6, 6.07) is 0.535. The minimum absolute atomic E-state index is 0.0681. The van der Waals surface area contributed by atoms with E-state index in [9.17, 15) is 4.79 Å². The lowest BCUT2D eigenvalue weighted by Crippen LogP contribution is -2.41. The molecule has 0 bridgehead atoms. The van der Waals surface area contributed by atoms with Crippen LogP contribution in [0, 0.1) is 5.92 Å². The molecule has 1 rings (SSSR count). The van der Waals surface area contributed by atoms with E-state index >= 15 is 0 Å². The van der Waals surface area contributed by atoms with Crippen LogP contribution in [0.4, 0.5) is 0 Å². The highest BCUT2D eigenvalue weighted by Crippen LogP contribution is 2.26. The van der Waals surface area contributed by atoms with Gasteiger partial charge in [-0.15, -0.1) is 6.58 Å². The van der Waals surface area contributed by atoms with Gasteiger partial charge in [-0.2, -0.15) is 0 Å². The molecule has 0 aromatic carbocycles. The van der Waals surface area contributed by atoms with Gasteiger partial charge >= 0.3 is 0 Å². The third kappa shape index (κ3) is 4.79. The number of carbonyl (C=O) groups is 1. The summed E-state index contributed by atoms with van der Waals surface area (Å²) in [5.74, 6) is 0.918. The molecule has 92 valence electrons. The lowest BCUT2D eigenvalue weighted by atomic mass is 9.84. The maximum Gasteiger partial charge on any atom is 0.234 e. The van der Waals surface area contributed by atoms with Crippen LogP contribution in [0.5, 0.6) is 0 Å². The van der Waals surface area contributed by atoms with E-state index in [-0.39, 0.29) is 5.91 Å². The van der Waals surface area contributed by atoms with Crippen LogP contribution >= 0.6 is 0 Å². The van der Waals surface area contributed by atoms with Gasteiger partial charge in [0, 0.05) is 12.6 Å². The fraction of sp³-hybridized carbons (Fsp3) is 0.769. The molecule has 3 nitrogen and oxygen atoms in total. The lowest BCUT2D eigenvalue weighted by Gasteiger charge is -2.29. The fourth-order valence-corrected chi connectivity index (χ4v) is 2.33. The SMILES string of the molecule is C=CCNC(=O)CNC1CCCC(CC)C1. The van der Waals surface area contributed by atoms with Gasteiger partial charge < -0.3 is 10.6 Å². The van der Waals surface area contributed by atoms with E-state index in [1.165, 1.54) is 32.1 Å². The zero-order valence-corrected chi connectivity index (χ0v) is 10.3. The van der Waals surface area contributed by atoms with Crippen LogP contribution in [0.1, 0.15) is 39.0 Å². The van der Waals surface area contributed by atoms with Gasteiger partial charge in [0.05, 0.1) is 6.54 Å². The Balaban J connectivity index is 2.16.